The summed E-state index contributed by atoms with van der Waals surface area (Å²) in [5, 5.41) is 22.0. The van der Waals surface area contributed by atoms with Crippen molar-refractivity contribution < 1.29 is 37.6 Å². The van der Waals surface area contributed by atoms with Gasteiger partial charge < -0.3 is 29.3 Å². The van der Waals surface area contributed by atoms with Gasteiger partial charge in [0.1, 0.15) is 23.2 Å². The second-order valence-electron chi connectivity index (χ2n) is 11.0. The second-order valence-corrected chi connectivity index (χ2v) is 13.6. The predicted octanol–water partition coefficient (Wildman–Crippen LogP) is 2.58. The van der Waals surface area contributed by atoms with E-state index in [1.54, 1.807) is 42.7 Å². The van der Waals surface area contributed by atoms with E-state index in [-0.39, 0.29) is 43.9 Å². The summed E-state index contributed by atoms with van der Waals surface area (Å²) in [6.07, 6.45) is 0.341. The number of ether oxygens (including phenoxy) is 3. The summed E-state index contributed by atoms with van der Waals surface area (Å²) in [6.45, 7) is 5.68. The first-order chi connectivity index (χ1) is 17.5. The summed E-state index contributed by atoms with van der Waals surface area (Å²) < 4.78 is 41.4. The van der Waals surface area contributed by atoms with Crippen LogP contribution in [0.1, 0.15) is 45.2 Å². The first-order valence-electron chi connectivity index (χ1n) is 12.2. The topological polar surface area (TPSA) is 138 Å². The molecule has 1 aromatic rings. The van der Waals surface area contributed by atoms with Gasteiger partial charge >= 0.3 is 6.09 Å². The highest BCUT2D eigenvalue weighted by atomic mass is 35.5. The molecule has 0 spiro atoms. The van der Waals surface area contributed by atoms with Gasteiger partial charge in [0.25, 0.3) is 0 Å². The van der Waals surface area contributed by atoms with E-state index in [2.05, 4.69) is 4.72 Å². The molecule has 0 aliphatic carbocycles. The number of nitrogens with zero attached hydrogens (tertiary/aromatic N) is 2. The number of halogens is 2. The van der Waals surface area contributed by atoms with Crippen LogP contribution in [0.25, 0.3) is 0 Å². The number of sulfonamides is 1. The van der Waals surface area contributed by atoms with E-state index in [0.717, 1.165) is 6.26 Å². The fraction of sp³-hybridized carbons (Fsp3) is 0.708. The van der Waals surface area contributed by atoms with E-state index in [0.29, 0.717) is 29.2 Å². The summed E-state index contributed by atoms with van der Waals surface area (Å²) in [6, 6.07) is 2.74. The van der Waals surface area contributed by atoms with Gasteiger partial charge in [-0.05, 0) is 51.7 Å². The van der Waals surface area contributed by atoms with Crippen LogP contribution in [-0.4, -0.2) is 98.3 Å². The Labute approximate surface area is 234 Å². The standard InChI is InChI=1S/C24H37Cl2N3O8S/c1-23(2,3)37-22(31)29-10-15(9-19(30)28-12-24(32,13-28)11-27-38(5,33)34)8-17(29)20-18(36-14-35-4)7-6-16(25)21(20)26/h6-7,15,17,19,27,30,32H,8-14H2,1-5H3/t15-,17+,19?/m0/s1. The molecule has 1 unspecified atom stereocenters. The Bertz CT molecular complexity index is 1110. The molecule has 0 radical (unpaired) electrons. The molecule has 11 nitrogen and oxygen atoms in total. The number of amides is 1. The molecule has 1 aromatic carbocycles. The van der Waals surface area contributed by atoms with Crippen LogP contribution in [-0.2, 0) is 19.5 Å². The summed E-state index contributed by atoms with van der Waals surface area (Å²) >= 11 is 13.0. The molecule has 2 aliphatic rings. The first-order valence-corrected chi connectivity index (χ1v) is 14.8. The van der Waals surface area contributed by atoms with Gasteiger partial charge in [-0.25, -0.2) is 17.9 Å². The van der Waals surface area contributed by atoms with Crippen molar-refractivity contribution in [3.63, 3.8) is 0 Å². The molecule has 2 aliphatic heterocycles. The van der Waals surface area contributed by atoms with Crippen molar-refractivity contribution in [2.75, 3.05) is 46.3 Å². The lowest BCUT2D eigenvalue weighted by atomic mass is 9.91. The number of benzene rings is 1. The molecular weight excluding hydrogens is 561 g/mol. The van der Waals surface area contributed by atoms with E-state index in [1.807, 2.05) is 0 Å². The Morgan fingerprint density at radius 1 is 1.29 bits per heavy atom. The lowest BCUT2D eigenvalue weighted by Gasteiger charge is -2.48. The van der Waals surface area contributed by atoms with Crippen LogP contribution >= 0.6 is 23.2 Å². The van der Waals surface area contributed by atoms with Crippen molar-refractivity contribution in [3.05, 3.63) is 27.7 Å². The maximum Gasteiger partial charge on any atom is 0.410 e. The molecule has 3 atom stereocenters. The Kier molecular flexibility index (Phi) is 9.85. The van der Waals surface area contributed by atoms with E-state index in [9.17, 15) is 23.4 Å². The third kappa shape index (κ3) is 8.07. The summed E-state index contributed by atoms with van der Waals surface area (Å²) in [4.78, 5) is 16.5. The van der Waals surface area contributed by atoms with Crippen molar-refractivity contribution in [3.8, 4) is 5.75 Å². The number of carbonyl (C=O) groups is 1. The molecule has 0 bridgehead atoms. The zero-order valence-corrected chi connectivity index (χ0v) is 24.6. The lowest BCUT2D eigenvalue weighted by molar-refractivity contribution is -0.160. The fourth-order valence-corrected chi connectivity index (χ4v) is 5.72. The largest absolute Gasteiger partial charge is 0.467 e. The van der Waals surface area contributed by atoms with Gasteiger partial charge in [-0.15, -0.1) is 0 Å². The second kappa shape index (κ2) is 12.0. The maximum absolute atomic E-state index is 13.2. The molecule has 2 fully saturated rings. The van der Waals surface area contributed by atoms with Gasteiger partial charge in [0, 0.05) is 38.9 Å². The quantitative estimate of drug-likeness (QED) is 0.347. The van der Waals surface area contributed by atoms with Crippen LogP contribution in [0.5, 0.6) is 5.75 Å². The molecule has 3 rings (SSSR count). The van der Waals surface area contributed by atoms with Crippen molar-refractivity contribution >= 4 is 39.3 Å². The van der Waals surface area contributed by atoms with Crippen molar-refractivity contribution in [1.29, 1.82) is 0 Å². The monoisotopic (exact) mass is 597 g/mol. The number of carbonyl (C=O) groups excluding carboxylic acids is 1. The van der Waals surface area contributed by atoms with Crippen LogP contribution < -0.4 is 9.46 Å². The van der Waals surface area contributed by atoms with E-state index < -0.39 is 39.6 Å². The highest BCUT2D eigenvalue weighted by Gasteiger charge is 2.46. The fourth-order valence-electron chi connectivity index (χ4n) is 4.74. The van der Waals surface area contributed by atoms with Gasteiger partial charge in [-0.3, -0.25) is 4.90 Å². The molecule has 38 heavy (non-hydrogen) atoms. The van der Waals surface area contributed by atoms with E-state index >= 15 is 0 Å². The molecule has 3 N–H and O–H groups in total. The van der Waals surface area contributed by atoms with E-state index in [1.165, 1.54) is 7.11 Å². The van der Waals surface area contributed by atoms with Gasteiger partial charge in [0.2, 0.25) is 10.0 Å². The van der Waals surface area contributed by atoms with Crippen molar-refractivity contribution in [2.24, 2.45) is 5.92 Å². The molecule has 2 saturated heterocycles. The first kappa shape index (κ1) is 31.2. The molecule has 0 saturated carbocycles. The zero-order valence-electron chi connectivity index (χ0n) is 22.2. The SMILES string of the molecule is COCOc1ccc(Cl)c(Cl)c1[C@H]1C[C@@H](CC(O)N2CC(O)(CNS(C)(=O)=O)C2)CN1C(=O)OC(C)(C)C. The van der Waals surface area contributed by atoms with Crippen LogP contribution in [0.4, 0.5) is 4.79 Å². The Morgan fingerprint density at radius 3 is 2.53 bits per heavy atom. The minimum Gasteiger partial charge on any atom is -0.467 e. The van der Waals surface area contributed by atoms with Crippen LogP contribution in [0, 0.1) is 5.92 Å². The highest BCUT2D eigenvalue weighted by molar-refractivity contribution is 7.88. The third-order valence-corrected chi connectivity index (χ3v) is 7.89. The van der Waals surface area contributed by atoms with Crippen LogP contribution in [0.15, 0.2) is 12.1 Å². The number of hydrogen-bond acceptors (Lipinski definition) is 9. The number of hydrogen-bond donors (Lipinski definition) is 3. The molecule has 14 heteroatoms. The molecular formula is C24H37Cl2N3O8S. The molecule has 0 aromatic heterocycles. The molecule has 216 valence electrons. The van der Waals surface area contributed by atoms with Crippen LogP contribution in [0.3, 0.4) is 0 Å². The average Bonchev–Trinajstić information content (AvgIpc) is 3.18. The number of rotatable bonds is 10. The maximum atomic E-state index is 13.2. The average molecular weight is 599 g/mol. The summed E-state index contributed by atoms with van der Waals surface area (Å²) in [5.41, 5.74) is -1.45. The van der Waals surface area contributed by atoms with E-state index in [4.69, 9.17) is 37.4 Å². The lowest BCUT2D eigenvalue weighted by Crippen LogP contribution is -2.68. The van der Waals surface area contributed by atoms with Gasteiger partial charge in [0.15, 0.2) is 6.79 Å². The Hall–Kier alpha value is -1.38. The minimum atomic E-state index is -3.44. The van der Waals surface area contributed by atoms with Crippen LogP contribution in [0.2, 0.25) is 10.0 Å². The summed E-state index contributed by atoms with van der Waals surface area (Å²) in [7, 11) is -1.95. The van der Waals surface area contributed by atoms with Gasteiger partial charge in [-0.2, -0.15) is 0 Å². The normalized spacial score (nSPS) is 22.7. The summed E-state index contributed by atoms with van der Waals surface area (Å²) in [5.74, 6) is 0.280. The Morgan fingerprint density at radius 2 is 1.95 bits per heavy atom. The molecule has 2 heterocycles. The predicted molar refractivity (Wildman–Crippen MR) is 143 cm³/mol. The number of likely N-dealkylation sites (tertiary alicyclic amines) is 2. The number of aliphatic hydroxyl groups is 2. The zero-order chi connectivity index (χ0) is 28.5. The number of β-amino-alcohol motifs (C(OH)–C–C–N with tert-alkyl or cyclic N) is 1. The van der Waals surface area contributed by atoms with Crippen molar-refractivity contribution in [1.82, 2.24) is 14.5 Å². The number of nitrogens with one attached hydrogen (secondary N) is 1. The van der Waals surface area contributed by atoms with Crippen molar-refractivity contribution in [2.45, 2.75) is 57.1 Å². The smallest absolute Gasteiger partial charge is 0.410 e. The highest BCUT2D eigenvalue weighted by Crippen LogP contribution is 2.47. The van der Waals surface area contributed by atoms with Gasteiger partial charge in [-0.1, -0.05) is 23.2 Å². The minimum absolute atomic E-state index is 0.0294. The Balaban J connectivity index is 1.78. The molecule has 1 amide bonds. The number of aliphatic hydroxyl groups excluding tert-OH is 1. The third-order valence-electron chi connectivity index (χ3n) is 6.40. The number of methoxy groups -OCH3 is 1. The van der Waals surface area contributed by atoms with Gasteiger partial charge in [0.05, 0.1) is 22.3 Å².